The Morgan fingerprint density at radius 2 is 1.92 bits per heavy atom. The lowest BCUT2D eigenvalue weighted by Gasteiger charge is -2.35. The highest BCUT2D eigenvalue weighted by Crippen LogP contribution is 2.46. The lowest BCUT2D eigenvalue weighted by molar-refractivity contribution is -0.123. The summed E-state index contributed by atoms with van der Waals surface area (Å²) in [5.74, 6) is 2.97. The van der Waals surface area contributed by atoms with E-state index >= 15 is 0 Å². The first-order chi connectivity index (χ1) is 18.1. The first kappa shape index (κ1) is 22.3. The van der Waals surface area contributed by atoms with E-state index < -0.39 is 0 Å². The average molecular weight is 499 g/mol. The van der Waals surface area contributed by atoms with Gasteiger partial charge in [-0.15, -0.1) is 0 Å². The number of carbonyl (C=O) groups excluding carboxylic acids is 1. The van der Waals surface area contributed by atoms with Gasteiger partial charge in [0.1, 0.15) is 23.9 Å². The van der Waals surface area contributed by atoms with Gasteiger partial charge < -0.3 is 19.5 Å². The van der Waals surface area contributed by atoms with E-state index in [-0.39, 0.29) is 23.9 Å². The van der Waals surface area contributed by atoms with Gasteiger partial charge in [0.25, 0.3) is 0 Å². The number of nitrogens with one attached hydrogen (secondary N) is 1. The Morgan fingerprint density at radius 1 is 1.08 bits per heavy atom. The third-order valence-electron chi connectivity index (χ3n) is 7.89. The normalized spacial score (nSPS) is 19.7. The Labute approximate surface area is 214 Å². The molecule has 1 amide bonds. The SMILES string of the molecule is Cc1noc(C)c1-c1ccc2nc(N3CCC(NC(=O)C4CC4)CC3)n3c2c1OCC3c1ccccn1. The van der Waals surface area contributed by atoms with Crippen molar-refractivity contribution >= 4 is 22.9 Å². The van der Waals surface area contributed by atoms with E-state index in [2.05, 4.69) is 37.1 Å². The van der Waals surface area contributed by atoms with E-state index in [1.807, 2.05) is 38.2 Å². The Morgan fingerprint density at radius 3 is 2.62 bits per heavy atom. The fourth-order valence-electron chi connectivity index (χ4n) is 5.79. The standard InChI is InChI=1S/C28H30N6O3/c1-16-24(17(2)37-32-16)20-8-9-22-25-26(20)36-15-23(21-5-3-4-12-29-21)34(25)28(31-22)33-13-10-19(11-14-33)30-27(35)18-6-7-18/h3-5,8-9,12,18-19,23H,6-7,10-11,13-15H2,1-2H3,(H,30,35). The average Bonchev–Trinajstić information content (AvgIpc) is 3.64. The number of anilines is 1. The summed E-state index contributed by atoms with van der Waals surface area (Å²) in [5.41, 5.74) is 5.59. The summed E-state index contributed by atoms with van der Waals surface area (Å²) in [4.78, 5) is 24.4. The Hall–Kier alpha value is -3.88. The van der Waals surface area contributed by atoms with Crippen molar-refractivity contribution in [3.05, 3.63) is 53.7 Å². The highest BCUT2D eigenvalue weighted by atomic mass is 16.5. The van der Waals surface area contributed by atoms with Gasteiger partial charge in [0, 0.05) is 36.8 Å². The molecule has 4 aromatic rings. The number of hydrogen-bond acceptors (Lipinski definition) is 7. The summed E-state index contributed by atoms with van der Waals surface area (Å²) in [7, 11) is 0. The van der Waals surface area contributed by atoms with Crippen molar-refractivity contribution in [2.24, 2.45) is 5.92 Å². The van der Waals surface area contributed by atoms with Crippen LogP contribution < -0.4 is 15.0 Å². The van der Waals surface area contributed by atoms with Crippen LogP contribution in [-0.2, 0) is 4.79 Å². The van der Waals surface area contributed by atoms with Crippen molar-refractivity contribution < 1.29 is 14.1 Å². The van der Waals surface area contributed by atoms with Crippen LogP contribution in [0.2, 0.25) is 0 Å². The minimum atomic E-state index is -0.0964. The van der Waals surface area contributed by atoms with Gasteiger partial charge >= 0.3 is 0 Å². The molecule has 3 aliphatic rings. The molecule has 190 valence electrons. The van der Waals surface area contributed by atoms with Crippen LogP contribution in [-0.4, -0.2) is 51.3 Å². The van der Waals surface area contributed by atoms with E-state index in [9.17, 15) is 4.79 Å². The molecule has 2 aliphatic heterocycles. The highest BCUT2D eigenvalue weighted by molar-refractivity contribution is 5.94. The van der Waals surface area contributed by atoms with Gasteiger partial charge in [-0.3, -0.25) is 14.3 Å². The molecule has 1 unspecified atom stereocenters. The number of amides is 1. The summed E-state index contributed by atoms with van der Waals surface area (Å²) in [6, 6.07) is 10.3. The topological polar surface area (TPSA) is 98.3 Å². The zero-order valence-electron chi connectivity index (χ0n) is 21.1. The van der Waals surface area contributed by atoms with Crippen LogP contribution in [0.3, 0.4) is 0 Å². The fraction of sp³-hybridized carbons (Fsp3) is 0.429. The highest BCUT2D eigenvalue weighted by Gasteiger charge is 2.36. The molecule has 2 fully saturated rings. The lowest BCUT2D eigenvalue weighted by atomic mass is 10.0. The number of nitrogens with zero attached hydrogens (tertiary/aromatic N) is 5. The molecule has 5 heterocycles. The molecular formula is C28H30N6O3. The van der Waals surface area contributed by atoms with Crippen molar-refractivity contribution in [2.45, 2.75) is 51.6 Å². The summed E-state index contributed by atoms with van der Waals surface area (Å²) in [6.07, 6.45) is 5.70. The van der Waals surface area contributed by atoms with E-state index in [1.54, 1.807) is 0 Å². The van der Waals surface area contributed by atoms with Gasteiger partial charge in [-0.25, -0.2) is 4.98 Å². The molecule has 1 saturated heterocycles. The second kappa shape index (κ2) is 8.61. The Kier molecular flexibility index (Phi) is 5.19. The van der Waals surface area contributed by atoms with Crippen molar-refractivity contribution in [1.29, 1.82) is 0 Å². The third-order valence-corrected chi connectivity index (χ3v) is 7.89. The molecule has 1 aromatic carbocycles. The van der Waals surface area contributed by atoms with Gasteiger partial charge in [0.15, 0.2) is 5.75 Å². The van der Waals surface area contributed by atoms with Crippen LogP contribution in [0.25, 0.3) is 22.2 Å². The molecule has 9 nitrogen and oxygen atoms in total. The molecule has 3 aromatic heterocycles. The summed E-state index contributed by atoms with van der Waals surface area (Å²) in [5, 5.41) is 7.43. The molecule has 9 heteroatoms. The summed E-state index contributed by atoms with van der Waals surface area (Å²) in [6.45, 7) is 6.01. The number of rotatable bonds is 5. The second-order valence-corrected chi connectivity index (χ2v) is 10.4. The van der Waals surface area contributed by atoms with Gasteiger partial charge in [-0.2, -0.15) is 0 Å². The molecule has 0 spiro atoms. The predicted octanol–water partition coefficient (Wildman–Crippen LogP) is 4.18. The maximum absolute atomic E-state index is 12.3. The van der Waals surface area contributed by atoms with Crippen molar-refractivity contribution in [1.82, 2.24) is 25.0 Å². The maximum Gasteiger partial charge on any atom is 0.223 e. The minimum Gasteiger partial charge on any atom is -0.488 e. The largest absolute Gasteiger partial charge is 0.488 e. The first-order valence-electron chi connectivity index (χ1n) is 13.2. The van der Waals surface area contributed by atoms with Gasteiger partial charge in [-0.1, -0.05) is 11.2 Å². The fourth-order valence-corrected chi connectivity index (χ4v) is 5.79. The lowest BCUT2D eigenvalue weighted by Crippen LogP contribution is -2.46. The smallest absolute Gasteiger partial charge is 0.223 e. The molecule has 1 atom stereocenters. The molecule has 1 N–H and O–H groups in total. The van der Waals surface area contributed by atoms with Gasteiger partial charge in [-0.05, 0) is 63.8 Å². The van der Waals surface area contributed by atoms with E-state index in [0.29, 0.717) is 6.61 Å². The Balaban J connectivity index is 1.30. The zero-order chi connectivity index (χ0) is 25.1. The van der Waals surface area contributed by atoms with E-state index in [4.69, 9.17) is 14.2 Å². The second-order valence-electron chi connectivity index (χ2n) is 10.4. The van der Waals surface area contributed by atoms with Crippen LogP contribution in [0, 0.1) is 19.8 Å². The van der Waals surface area contributed by atoms with Gasteiger partial charge in [0.2, 0.25) is 11.9 Å². The summed E-state index contributed by atoms with van der Waals surface area (Å²) >= 11 is 0. The number of piperidine rings is 1. The van der Waals surface area contributed by atoms with Crippen molar-refractivity contribution in [3.8, 4) is 16.9 Å². The number of hydrogen-bond donors (Lipinski definition) is 1. The number of pyridine rings is 1. The first-order valence-corrected chi connectivity index (χ1v) is 13.2. The number of aromatic nitrogens is 4. The van der Waals surface area contributed by atoms with Crippen molar-refractivity contribution in [2.75, 3.05) is 24.6 Å². The zero-order valence-corrected chi connectivity index (χ0v) is 21.1. The van der Waals surface area contributed by atoms with E-state index in [1.165, 1.54) is 0 Å². The Bertz CT molecular complexity index is 1460. The van der Waals surface area contributed by atoms with E-state index in [0.717, 1.165) is 89.8 Å². The number of ether oxygens (including phenoxy) is 1. The maximum atomic E-state index is 12.3. The van der Waals surface area contributed by atoms with Crippen LogP contribution in [0.4, 0.5) is 5.95 Å². The number of imidazole rings is 1. The molecule has 1 saturated carbocycles. The van der Waals surface area contributed by atoms with Crippen LogP contribution >= 0.6 is 0 Å². The van der Waals surface area contributed by atoms with Crippen LogP contribution in [0.15, 0.2) is 41.1 Å². The minimum absolute atomic E-state index is 0.0964. The van der Waals surface area contributed by atoms with Crippen molar-refractivity contribution in [3.63, 3.8) is 0 Å². The summed E-state index contributed by atoms with van der Waals surface area (Å²) < 4.78 is 14.3. The van der Waals surface area contributed by atoms with Crippen LogP contribution in [0.1, 0.15) is 48.9 Å². The molecular weight excluding hydrogens is 468 g/mol. The van der Waals surface area contributed by atoms with Crippen LogP contribution in [0.5, 0.6) is 5.75 Å². The molecule has 0 bridgehead atoms. The number of carbonyl (C=O) groups is 1. The molecule has 37 heavy (non-hydrogen) atoms. The number of benzene rings is 1. The number of aryl methyl sites for hydroxylation is 2. The molecule has 1 aliphatic carbocycles. The monoisotopic (exact) mass is 498 g/mol. The third kappa shape index (κ3) is 3.75. The van der Waals surface area contributed by atoms with Gasteiger partial charge in [0.05, 0.1) is 22.5 Å². The molecule has 0 radical (unpaired) electrons. The quantitative estimate of drug-likeness (QED) is 0.441. The molecule has 7 rings (SSSR count). The predicted molar refractivity (Wildman–Crippen MR) is 139 cm³/mol.